The number of para-hydroxylation sites is 3. The average molecular weight is 695 g/mol. The van der Waals surface area contributed by atoms with Crippen molar-refractivity contribution in [2.45, 2.75) is 16.1 Å². The highest BCUT2D eigenvalue weighted by atomic mass is 32.2. The zero-order chi connectivity index (χ0) is 34.6. The van der Waals surface area contributed by atoms with Crippen LogP contribution in [0.3, 0.4) is 0 Å². The van der Waals surface area contributed by atoms with Gasteiger partial charge in [-0.2, -0.15) is 0 Å². The van der Waals surface area contributed by atoms with Crippen molar-refractivity contribution in [3.8, 4) is 16.8 Å². The number of hydrogen-bond donors (Lipinski definition) is 1. The van der Waals surface area contributed by atoms with Crippen LogP contribution in [0.5, 0.6) is 0 Å². The number of nitrogens with one attached hydrogen (secondary N) is 1. The van der Waals surface area contributed by atoms with Gasteiger partial charge in [-0.1, -0.05) is 127 Å². The molecule has 12 rings (SSSR count). The molecular formula is C48H30N4S. The summed E-state index contributed by atoms with van der Waals surface area (Å²) >= 11 is 1.83. The molecule has 4 heterocycles. The number of rotatable bonds is 3. The van der Waals surface area contributed by atoms with Gasteiger partial charge in [-0.15, -0.1) is 0 Å². The molecule has 0 aliphatic carbocycles. The largest absolute Gasteiger partial charge is 0.345 e. The van der Waals surface area contributed by atoms with Gasteiger partial charge < -0.3 is 14.5 Å². The van der Waals surface area contributed by atoms with Crippen LogP contribution in [0.15, 0.2) is 185 Å². The molecule has 0 saturated carbocycles. The summed E-state index contributed by atoms with van der Waals surface area (Å²) in [4.78, 5) is 7.96. The Balaban J connectivity index is 1.10. The van der Waals surface area contributed by atoms with Crippen LogP contribution in [-0.4, -0.2) is 9.13 Å². The number of nitrogens with zero attached hydrogens (tertiary/aromatic N) is 3. The van der Waals surface area contributed by atoms with Crippen molar-refractivity contribution < 1.29 is 0 Å². The summed E-state index contributed by atoms with van der Waals surface area (Å²) in [6.07, 6.45) is -0.332. The van der Waals surface area contributed by atoms with Crippen LogP contribution >= 0.6 is 11.8 Å². The summed E-state index contributed by atoms with van der Waals surface area (Å²) in [5, 5.41) is 13.6. The van der Waals surface area contributed by atoms with E-state index in [2.05, 4.69) is 184 Å². The maximum atomic E-state index is 5.45. The van der Waals surface area contributed by atoms with Gasteiger partial charge in [0.2, 0.25) is 6.29 Å². The van der Waals surface area contributed by atoms with E-state index in [0.717, 1.165) is 16.6 Å². The third-order valence-electron chi connectivity index (χ3n) is 11.1. The van der Waals surface area contributed by atoms with Gasteiger partial charge in [0.25, 0.3) is 0 Å². The van der Waals surface area contributed by atoms with Crippen molar-refractivity contribution in [3.05, 3.63) is 186 Å². The van der Waals surface area contributed by atoms with E-state index in [0.29, 0.717) is 0 Å². The van der Waals surface area contributed by atoms with E-state index in [9.17, 15) is 0 Å². The summed E-state index contributed by atoms with van der Waals surface area (Å²) in [5.41, 5.74) is 10.7. The summed E-state index contributed by atoms with van der Waals surface area (Å²) in [6.45, 7) is 0. The maximum Gasteiger partial charge on any atom is 0.201 e. The molecule has 4 nitrogen and oxygen atoms in total. The zero-order valence-electron chi connectivity index (χ0n) is 28.5. The Morgan fingerprint density at radius 3 is 2.06 bits per heavy atom. The van der Waals surface area contributed by atoms with Crippen molar-refractivity contribution >= 4 is 71.8 Å². The summed E-state index contributed by atoms with van der Waals surface area (Å²) < 4.78 is 4.81. The van der Waals surface area contributed by atoms with Gasteiger partial charge in [-0.05, 0) is 71.1 Å². The summed E-state index contributed by atoms with van der Waals surface area (Å²) in [7, 11) is 0. The van der Waals surface area contributed by atoms with Crippen LogP contribution in [0.4, 0.5) is 0 Å². The smallest absolute Gasteiger partial charge is 0.201 e. The number of benzene rings is 8. The van der Waals surface area contributed by atoms with Gasteiger partial charge in [0.1, 0.15) is 0 Å². The van der Waals surface area contributed by atoms with Crippen molar-refractivity contribution in [1.29, 1.82) is 0 Å². The highest BCUT2D eigenvalue weighted by Crippen LogP contribution is 2.42. The summed E-state index contributed by atoms with van der Waals surface area (Å²) in [6, 6.07) is 61.8. The number of fused-ring (bicyclic) bond motifs is 10. The molecule has 0 bridgehead atoms. The van der Waals surface area contributed by atoms with E-state index in [-0.39, 0.29) is 6.29 Å². The van der Waals surface area contributed by atoms with Crippen molar-refractivity contribution in [2.75, 3.05) is 0 Å². The Morgan fingerprint density at radius 2 is 1.15 bits per heavy atom. The van der Waals surface area contributed by atoms with Crippen molar-refractivity contribution in [3.63, 3.8) is 0 Å². The number of hydrogen-bond acceptors (Lipinski definition) is 3. The lowest BCUT2D eigenvalue weighted by atomic mass is 9.95. The van der Waals surface area contributed by atoms with Crippen LogP contribution in [0.25, 0.3) is 76.9 Å². The zero-order valence-corrected chi connectivity index (χ0v) is 29.3. The lowest BCUT2D eigenvalue weighted by Gasteiger charge is -2.29. The Bertz CT molecular complexity index is 3300. The fourth-order valence-electron chi connectivity index (χ4n) is 8.90. The second-order valence-corrected chi connectivity index (χ2v) is 15.0. The first kappa shape index (κ1) is 29.1. The fourth-order valence-corrected chi connectivity index (χ4v) is 10.0. The minimum absolute atomic E-state index is 0.332. The topological polar surface area (TPSA) is 34.2 Å². The lowest BCUT2D eigenvalue weighted by Crippen LogP contribution is -2.43. The molecular weight excluding hydrogens is 665 g/mol. The monoisotopic (exact) mass is 694 g/mol. The molecule has 0 radical (unpaired) electrons. The third kappa shape index (κ3) is 4.11. The molecule has 2 aliphatic heterocycles. The first-order valence-electron chi connectivity index (χ1n) is 18.1. The fraction of sp³-hybridized carbons (Fsp3) is 0.0208. The molecule has 53 heavy (non-hydrogen) atoms. The van der Waals surface area contributed by atoms with Crippen molar-refractivity contribution in [1.82, 2.24) is 14.5 Å². The Kier molecular flexibility index (Phi) is 6.02. The van der Waals surface area contributed by atoms with E-state index in [1.807, 2.05) is 11.8 Å². The minimum Gasteiger partial charge on any atom is -0.345 e. The Hall–Kier alpha value is -6.56. The van der Waals surface area contributed by atoms with E-state index in [4.69, 9.17) is 4.99 Å². The molecule has 1 N–H and O–H groups in total. The molecule has 1 atom stereocenters. The third-order valence-corrected chi connectivity index (χ3v) is 12.3. The molecule has 2 aliphatic rings. The van der Waals surface area contributed by atoms with Gasteiger partial charge in [-0.25, -0.2) is 4.99 Å². The van der Waals surface area contributed by atoms with Gasteiger partial charge in [0, 0.05) is 53.2 Å². The molecule has 248 valence electrons. The first-order chi connectivity index (χ1) is 26.3. The molecule has 0 fully saturated rings. The van der Waals surface area contributed by atoms with Crippen molar-refractivity contribution in [2.24, 2.45) is 4.99 Å². The van der Waals surface area contributed by atoms with Crippen LogP contribution in [-0.2, 0) is 0 Å². The maximum absolute atomic E-state index is 5.45. The molecule has 2 aromatic heterocycles. The molecule has 0 spiro atoms. The van der Waals surface area contributed by atoms with Gasteiger partial charge >= 0.3 is 0 Å². The lowest BCUT2D eigenvalue weighted by molar-refractivity contribution is 0.488. The standard InChI is InChI=1S/C48H30N4S/c1-2-12-30(13-3-1)51-40-20-7-5-15-34(40)38-28-29(24-27-42(38)51)31-17-10-18-35-32(31)25-26-36-33-14-4-8-21-41(33)52(47(35)36)48-49-39-19-11-23-44-45(39)46(50-48)37-16-6-9-22-43(37)53-44/h1-28,48,50H. The predicted octanol–water partition coefficient (Wildman–Crippen LogP) is 10.7. The second kappa shape index (κ2) is 11.0. The Labute approximate surface area is 309 Å². The van der Waals surface area contributed by atoms with Crippen LogP contribution < -0.4 is 15.9 Å². The molecule has 0 amide bonds. The molecule has 0 saturated heterocycles. The molecule has 10 aromatic rings. The highest BCUT2D eigenvalue weighted by Gasteiger charge is 2.27. The second-order valence-electron chi connectivity index (χ2n) is 13.9. The van der Waals surface area contributed by atoms with Gasteiger partial charge in [-0.3, -0.25) is 0 Å². The van der Waals surface area contributed by atoms with Gasteiger partial charge in [0.05, 0.1) is 33.1 Å². The SMILES string of the molecule is c1ccc(-n2c3ccccc3c3cc(-c4cccc5c4ccc4c6ccccc6n(C6N=c7cccc8c7=C(N6)c6ccccc6S8)c54)ccc32)cc1. The van der Waals surface area contributed by atoms with E-state index >= 15 is 0 Å². The predicted molar refractivity (Wildman–Crippen MR) is 219 cm³/mol. The first-order valence-corrected chi connectivity index (χ1v) is 18.9. The van der Waals surface area contributed by atoms with E-state index in [1.165, 1.54) is 86.3 Å². The van der Waals surface area contributed by atoms with Crippen LogP contribution in [0.2, 0.25) is 0 Å². The Morgan fingerprint density at radius 1 is 0.491 bits per heavy atom. The van der Waals surface area contributed by atoms with Gasteiger partial charge in [0.15, 0.2) is 0 Å². The highest BCUT2D eigenvalue weighted by molar-refractivity contribution is 7.99. The molecule has 1 unspecified atom stereocenters. The molecule has 5 heteroatoms. The minimum atomic E-state index is -0.332. The normalized spacial score (nSPS) is 14.8. The average Bonchev–Trinajstić information content (AvgIpc) is 3.74. The van der Waals surface area contributed by atoms with E-state index in [1.54, 1.807) is 0 Å². The van der Waals surface area contributed by atoms with Crippen LogP contribution in [0.1, 0.15) is 11.9 Å². The van der Waals surface area contributed by atoms with Crippen LogP contribution in [0, 0.1) is 0 Å². The number of aromatic nitrogens is 2. The summed E-state index contributed by atoms with van der Waals surface area (Å²) in [5.74, 6) is 0. The molecule has 8 aromatic carbocycles. The quantitative estimate of drug-likeness (QED) is 0.200. The van der Waals surface area contributed by atoms with E-state index < -0.39 is 0 Å².